The zero-order valence-electron chi connectivity index (χ0n) is 16.3. The van der Waals surface area contributed by atoms with E-state index in [-0.39, 0.29) is 6.03 Å². The topological polar surface area (TPSA) is 74.6 Å². The molecule has 152 valence electrons. The Morgan fingerprint density at radius 1 is 1.03 bits per heavy atom. The van der Waals surface area contributed by atoms with Crippen LogP contribution in [0.4, 0.5) is 10.6 Å². The number of nitrogens with one attached hydrogen (secondary N) is 2. The van der Waals surface area contributed by atoms with Crippen LogP contribution in [0.5, 0.6) is 0 Å². The van der Waals surface area contributed by atoms with Crippen molar-refractivity contribution >= 4 is 29.1 Å². The molecule has 0 radical (unpaired) electrons. The molecular formula is C21H25ClN6O. The van der Waals surface area contributed by atoms with E-state index in [9.17, 15) is 4.79 Å². The number of anilines is 1. The summed E-state index contributed by atoms with van der Waals surface area (Å²) < 4.78 is 1.85. The van der Waals surface area contributed by atoms with Gasteiger partial charge in [0.2, 0.25) is 0 Å². The lowest BCUT2D eigenvalue weighted by atomic mass is 10.2. The number of rotatable bonds is 5. The van der Waals surface area contributed by atoms with Gasteiger partial charge >= 0.3 is 6.03 Å². The summed E-state index contributed by atoms with van der Waals surface area (Å²) >= 11 is 5.99. The summed E-state index contributed by atoms with van der Waals surface area (Å²) in [7, 11) is 0. The summed E-state index contributed by atoms with van der Waals surface area (Å²) in [6.07, 6.45) is 10.5. The first kappa shape index (κ1) is 19.5. The van der Waals surface area contributed by atoms with Crippen molar-refractivity contribution in [3.05, 3.63) is 59.1 Å². The maximum Gasteiger partial charge on any atom is 0.315 e. The Morgan fingerprint density at radius 2 is 1.83 bits per heavy atom. The normalized spacial score (nSPS) is 14.6. The number of nitrogens with zero attached hydrogens (tertiary/aromatic N) is 4. The second-order valence-electron chi connectivity index (χ2n) is 7.30. The largest absolute Gasteiger partial charge is 0.357 e. The first-order chi connectivity index (χ1) is 14.2. The molecular weight excluding hydrogens is 388 g/mol. The van der Waals surface area contributed by atoms with E-state index in [1.165, 1.54) is 25.7 Å². The lowest BCUT2D eigenvalue weighted by Crippen LogP contribution is -2.34. The zero-order valence-corrected chi connectivity index (χ0v) is 17.0. The highest BCUT2D eigenvalue weighted by Gasteiger charge is 2.12. The molecule has 1 saturated heterocycles. The van der Waals surface area contributed by atoms with Gasteiger partial charge in [0.1, 0.15) is 11.5 Å². The minimum atomic E-state index is -0.228. The molecule has 8 heteroatoms. The standard InChI is InChI=1S/C21H25ClN6O/c22-17-5-6-19-26-18(15-28(19)14-17)13-25-21(29)24-12-16-7-8-23-20(11-16)27-9-3-1-2-4-10-27/h5-8,11,14-15H,1-4,9-10,12-13H2,(H2,24,25,29). The molecule has 0 unspecified atom stereocenters. The molecule has 0 atom stereocenters. The molecule has 3 aromatic rings. The lowest BCUT2D eigenvalue weighted by Gasteiger charge is -2.21. The predicted octanol–water partition coefficient (Wildman–Crippen LogP) is 3.76. The Balaban J connectivity index is 1.29. The maximum atomic E-state index is 12.2. The van der Waals surface area contributed by atoms with E-state index in [0.717, 1.165) is 35.8 Å². The molecule has 0 aliphatic carbocycles. The van der Waals surface area contributed by atoms with Crippen molar-refractivity contribution in [1.29, 1.82) is 0 Å². The van der Waals surface area contributed by atoms with Gasteiger partial charge in [-0.05, 0) is 42.7 Å². The molecule has 1 aliphatic rings. The zero-order chi connectivity index (χ0) is 20.1. The van der Waals surface area contributed by atoms with Crippen molar-refractivity contribution < 1.29 is 4.79 Å². The second kappa shape index (κ2) is 9.13. The molecule has 2 N–H and O–H groups in total. The number of fused-ring (bicyclic) bond motifs is 1. The molecule has 0 bridgehead atoms. The molecule has 4 heterocycles. The highest BCUT2D eigenvalue weighted by Crippen LogP contribution is 2.18. The predicted molar refractivity (Wildman–Crippen MR) is 114 cm³/mol. The van der Waals surface area contributed by atoms with Crippen LogP contribution in [0.3, 0.4) is 0 Å². The number of amides is 2. The molecule has 29 heavy (non-hydrogen) atoms. The number of hydrogen-bond donors (Lipinski definition) is 2. The fourth-order valence-corrected chi connectivity index (χ4v) is 3.73. The van der Waals surface area contributed by atoms with E-state index < -0.39 is 0 Å². The highest BCUT2D eigenvalue weighted by molar-refractivity contribution is 6.30. The smallest absolute Gasteiger partial charge is 0.315 e. The van der Waals surface area contributed by atoms with Crippen molar-refractivity contribution in [2.75, 3.05) is 18.0 Å². The Hall–Kier alpha value is -2.80. The quantitative estimate of drug-likeness (QED) is 0.669. The Morgan fingerprint density at radius 3 is 2.66 bits per heavy atom. The van der Waals surface area contributed by atoms with Crippen LogP contribution in [0.1, 0.15) is 36.9 Å². The Kier molecular flexibility index (Phi) is 6.14. The lowest BCUT2D eigenvalue weighted by molar-refractivity contribution is 0.240. The molecule has 0 saturated carbocycles. The van der Waals surface area contributed by atoms with Gasteiger partial charge in [-0.1, -0.05) is 24.4 Å². The minimum absolute atomic E-state index is 0.228. The van der Waals surface area contributed by atoms with Gasteiger partial charge in [-0.15, -0.1) is 0 Å². The summed E-state index contributed by atoms with van der Waals surface area (Å²) in [5.41, 5.74) is 2.61. The van der Waals surface area contributed by atoms with Gasteiger partial charge in [0.25, 0.3) is 0 Å². The van der Waals surface area contributed by atoms with Gasteiger partial charge in [0.15, 0.2) is 0 Å². The van der Waals surface area contributed by atoms with Crippen LogP contribution in [-0.4, -0.2) is 33.5 Å². The van der Waals surface area contributed by atoms with Gasteiger partial charge in [-0.3, -0.25) is 0 Å². The fourth-order valence-electron chi connectivity index (χ4n) is 3.56. The molecule has 3 aromatic heterocycles. The first-order valence-electron chi connectivity index (χ1n) is 10.0. The van der Waals surface area contributed by atoms with Crippen LogP contribution in [0.2, 0.25) is 5.02 Å². The second-order valence-corrected chi connectivity index (χ2v) is 7.74. The van der Waals surface area contributed by atoms with E-state index in [4.69, 9.17) is 11.6 Å². The van der Waals surface area contributed by atoms with Crippen LogP contribution in [0.15, 0.2) is 42.9 Å². The Labute approximate surface area is 175 Å². The molecule has 0 aromatic carbocycles. The van der Waals surface area contributed by atoms with Crippen LogP contribution < -0.4 is 15.5 Å². The number of hydrogen-bond acceptors (Lipinski definition) is 4. The van der Waals surface area contributed by atoms with Gasteiger partial charge in [-0.2, -0.15) is 0 Å². The van der Waals surface area contributed by atoms with E-state index >= 15 is 0 Å². The van der Waals surface area contributed by atoms with Crippen LogP contribution in [0, 0.1) is 0 Å². The SMILES string of the molecule is O=C(NCc1ccnc(N2CCCCCC2)c1)NCc1cn2cc(Cl)ccc2n1. The molecule has 1 fully saturated rings. The van der Waals surface area contributed by atoms with Gasteiger partial charge in [0, 0.05) is 38.2 Å². The van der Waals surface area contributed by atoms with E-state index in [2.05, 4.69) is 31.6 Å². The summed E-state index contributed by atoms with van der Waals surface area (Å²) in [6, 6.07) is 7.41. The molecule has 2 amide bonds. The number of aromatic nitrogens is 3. The highest BCUT2D eigenvalue weighted by atomic mass is 35.5. The number of imidazole rings is 1. The van der Waals surface area contributed by atoms with E-state index in [1.54, 1.807) is 12.3 Å². The molecule has 1 aliphatic heterocycles. The van der Waals surface area contributed by atoms with Crippen molar-refractivity contribution in [3.8, 4) is 0 Å². The summed E-state index contributed by atoms with van der Waals surface area (Å²) in [5.74, 6) is 0.995. The summed E-state index contributed by atoms with van der Waals surface area (Å²) in [6.45, 7) is 2.90. The third-order valence-corrected chi connectivity index (χ3v) is 5.31. The van der Waals surface area contributed by atoms with Crippen LogP contribution in [0.25, 0.3) is 5.65 Å². The average Bonchev–Trinajstić information content (AvgIpc) is 2.94. The molecule has 0 spiro atoms. The monoisotopic (exact) mass is 412 g/mol. The number of pyridine rings is 2. The molecule has 7 nitrogen and oxygen atoms in total. The third-order valence-electron chi connectivity index (χ3n) is 5.09. The maximum absolute atomic E-state index is 12.2. The van der Waals surface area contributed by atoms with E-state index in [1.807, 2.05) is 28.9 Å². The Bertz CT molecular complexity index is 980. The van der Waals surface area contributed by atoms with E-state index in [0.29, 0.717) is 18.1 Å². The summed E-state index contributed by atoms with van der Waals surface area (Å²) in [4.78, 5) is 23.5. The first-order valence-corrected chi connectivity index (χ1v) is 10.4. The van der Waals surface area contributed by atoms with Crippen molar-refractivity contribution in [2.45, 2.75) is 38.8 Å². The van der Waals surface area contributed by atoms with Crippen molar-refractivity contribution in [1.82, 2.24) is 25.0 Å². The number of urea groups is 1. The number of carbonyl (C=O) groups is 1. The third kappa shape index (κ3) is 5.17. The molecule has 4 rings (SSSR count). The number of halogens is 1. The van der Waals surface area contributed by atoms with Crippen molar-refractivity contribution in [2.24, 2.45) is 0 Å². The van der Waals surface area contributed by atoms with Crippen molar-refractivity contribution in [3.63, 3.8) is 0 Å². The van der Waals surface area contributed by atoms with Gasteiger partial charge in [0.05, 0.1) is 17.3 Å². The van der Waals surface area contributed by atoms with Gasteiger partial charge in [-0.25, -0.2) is 14.8 Å². The minimum Gasteiger partial charge on any atom is -0.357 e. The summed E-state index contributed by atoms with van der Waals surface area (Å²) in [5, 5.41) is 6.39. The van der Waals surface area contributed by atoms with Crippen LogP contribution in [-0.2, 0) is 13.1 Å². The fraction of sp³-hybridized carbons (Fsp3) is 0.381. The van der Waals surface area contributed by atoms with Gasteiger partial charge < -0.3 is 19.9 Å². The average molecular weight is 413 g/mol. The van der Waals surface area contributed by atoms with Crippen LogP contribution >= 0.6 is 11.6 Å². The number of carbonyl (C=O) groups excluding carboxylic acids is 1.